The highest BCUT2D eigenvalue weighted by atomic mass is 16.6. The van der Waals surface area contributed by atoms with Gasteiger partial charge in [-0.2, -0.15) is 0 Å². The molecule has 0 aliphatic carbocycles. The number of allylic oxidation sites excluding steroid dienone is 4. The summed E-state index contributed by atoms with van der Waals surface area (Å²) in [6.07, 6.45) is 75.0. The fraction of sp³-hybridized carbons (Fsp3) is 0.896. The highest BCUT2D eigenvalue weighted by molar-refractivity contribution is 5.71. The number of rotatable bonds is 61. The Kier molecular flexibility index (Phi) is 60.6. The van der Waals surface area contributed by atoms with Crippen LogP contribution in [0.15, 0.2) is 24.3 Å². The van der Waals surface area contributed by atoms with Gasteiger partial charge in [-0.25, -0.2) is 0 Å². The molecule has 0 saturated carbocycles. The average molecular weight is 1030 g/mol. The fourth-order valence-corrected chi connectivity index (χ4v) is 10.0. The third-order valence-corrected chi connectivity index (χ3v) is 15.0. The minimum atomic E-state index is -0.771. The van der Waals surface area contributed by atoms with Gasteiger partial charge < -0.3 is 14.2 Å². The van der Waals surface area contributed by atoms with Gasteiger partial charge in [-0.3, -0.25) is 14.4 Å². The van der Waals surface area contributed by atoms with Crippen molar-refractivity contribution in [1.82, 2.24) is 0 Å². The van der Waals surface area contributed by atoms with E-state index in [1.807, 2.05) is 0 Å². The second-order valence-corrected chi connectivity index (χ2v) is 22.4. The molecule has 0 aromatic carbocycles. The Hall–Kier alpha value is -2.11. The molecular weight excluding hydrogens is 901 g/mol. The molecule has 0 rings (SSSR count). The predicted molar refractivity (Wildman–Crippen MR) is 316 cm³/mol. The van der Waals surface area contributed by atoms with Crippen LogP contribution in [0.2, 0.25) is 0 Å². The van der Waals surface area contributed by atoms with Gasteiger partial charge in [-0.15, -0.1) is 0 Å². The molecule has 0 aromatic heterocycles. The number of ether oxygens (including phenoxy) is 3. The largest absolute Gasteiger partial charge is 0.462 e. The molecule has 0 heterocycles. The quantitative estimate of drug-likeness (QED) is 0.0261. The lowest BCUT2D eigenvalue weighted by Gasteiger charge is -2.18. The summed E-state index contributed by atoms with van der Waals surface area (Å²) in [5, 5.41) is 0. The Morgan fingerprint density at radius 2 is 0.493 bits per heavy atom. The third kappa shape index (κ3) is 60.6. The van der Waals surface area contributed by atoms with Crippen molar-refractivity contribution in [1.29, 1.82) is 0 Å². The van der Waals surface area contributed by atoms with Crippen LogP contribution in [0, 0.1) is 0 Å². The van der Waals surface area contributed by atoms with Crippen molar-refractivity contribution in [3.63, 3.8) is 0 Å². The van der Waals surface area contributed by atoms with E-state index >= 15 is 0 Å². The van der Waals surface area contributed by atoms with Gasteiger partial charge in [0.2, 0.25) is 0 Å². The lowest BCUT2D eigenvalue weighted by Crippen LogP contribution is -2.30. The van der Waals surface area contributed by atoms with Crippen LogP contribution >= 0.6 is 0 Å². The van der Waals surface area contributed by atoms with E-state index in [0.29, 0.717) is 19.3 Å². The van der Waals surface area contributed by atoms with Gasteiger partial charge in [0, 0.05) is 19.3 Å². The summed E-state index contributed by atoms with van der Waals surface area (Å²) < 4.78 is 16.9. The number of carbonyl (C=O) groups excluding carboxylic acids is 3. The van der Waals surface area contributed by atoms with Crippen LogP contribution in [0.1, 0.15) is 367 Å². The van der Waals surface area contributed by atoms with Gasteiger partial charge in [-0.1, -0.05) is 321 Å². The molecule has 1 unspecified atom stereocenters. The molecule has 73 heavy (non-hydrogen) atoms. The van der Waals surface area contributed by atoms with Crippen LogP contribution in [0.25, 0.3) is 0 Å². The standard InChI is InChI=1S/C67H126O6/c1-4-7-10-13-16-19-21-23-25-27-29-30-31-32-33-34-35-36-37-38-40-41-43-45-48-51-54-57-60-66(69)72-63-64(62-71-65(68)59-56-53-50-47-18-15-12-9-6-3)73-67(70)61-58-55-52-49-46-44-42-39-28-26-24-22-20-17-14-11-8-5-2/h20,22,26,28,64H,4-19,21,23-25,27,29-63H2,1-3H3/b22-20-,28-26-. The van der Waals surface area contributed by atoms with E-state index in [1.54, 1.807) is 0 Å². The van der Waals surface area contributed by atoms with Crippen LogP contribution in [0.4, 0.5) is 0 Å². The van der Waals surface area contributed by atoms with Gasteiger partial charge in [0.25, 0.3) is 0 Å². The summed E-state index contributed by atoms with van der Waals surface area (Å²) in [4.78, 5) is 38.2. The summed E-state index contributed by atoms with van der Waals surface area (Å²) in [7, 11) is 0. The van der Waals surface area contributed by atoms with Crippen molar-refractivity contribution in [2.24, 2.45) is 0 Å². The van der Waals surface area contributed by atoms with Gasteiger partial charge in [0.15, 0.2) is 6.10 Å². The third-order valence-electron chi connectivity index (χ3n) is 15.0. The van der Waals surface area contributed by atoms with Crippen molar-refractivity contribution >= 4 is 17.9 Å². The van der Waals surface area contributed by atoms with Crippen molar-refractivity contribution in [3.05, 3.63) is 24.3 Å². The van der Waals surface area contributed by atoms with Gasteiger partial charge in [0.05, 0.1) is 0 Å². The molecule has 430 valence electrons. The molecular formula is C67H126O6. The molecule has 0 radical (unpaired) electrons. The summed E-state index contributed by atoms with van der Waals surface area (Å²) in [6, 6.07) is 0. The first-order chi connectivity index (χ1) is 36.0. The van der Waals surface area contributed by atoms with E-state index in [9.17, 15) is 14.4 Å². The predicted octanol–water partition coefficient (Wildman–Crippen LogP) is 22.2. The second-order valence-electron chi connectivity index (χ2n) is 22.4. The molecule has 6 heteroatoms. The van der Waals surface area contributed by atoms with E-state index in [1.165, 1.54) is 257 Å². The summed E-state index contributed by atoms with van der Waals surface area (Å²) in [5.74, 6) is -0.855. The van der Waals surface area contributed by atoms with Crippen LogP contribution in [0.3, 0.4) is 0 Å². The summed E-state index contributed by atoms with van der Waals surface area (Å²) >= 11 is 0. The summed E-state index contributed by atoms with van der Waals surface area (Å²) in [5.41, 5.74) is 0. The van der Waals surface area contributed by atoms with Crippen LogP contribution in [0.5, 0.6) is 0 Å². The molecule has 0 aliphatic rings. The topological polar surface area (TPSA) is 78.9 Å². The zero-order valence-corrected chi connectivity index (χ0v) is 49.4. The molecule has 0 fully saturated rings. The van der Waals surface area contributed by atoms with Crippen molar-refractivity contribution in [2.75, 3.05) is 13.2 Å². The first kappa shape index (κ1) is 70.9. The highest BCUT2D eigenvalue weighted by Crippen LogP contribution is 2.18. The van der Waals surface area contributed by atoms with Gasteiger partial charge >= 0.3 is 17.9 Å². The van der Waals surface area contributed by atoms with Crippen LogP contribution < -0.4 is 0 Å². The Morgan fingerprint density at radius 1 is 0.274 bits per heavy atom. The first-order valence-corrected chi connectivity index (χ1v) is 32.8. The van der Waals surface area contributed by atoms with E-state index < -0.39 is 6.10 Å². The molecule has 0 amide bonds. The average Bonchev–Trinajstić information content (AvgIpc) is 3.39. The van der Waals surface area contributed by atoms with Crippen LogP contribution in [-0.2, 0) is 28.6 Å². The minimum Gasteiger partial charge on any atom is -0.462 e. The number of hydrogen-bond donors (Lipinski definition) is 0. The van der Waals surface area contributed by atoms with E-state index in [0.717, 1.165) is 70.6 Å². The molecule has 0 aromatic rings. The lowest BCUT2D eigenvalue weighted by atomic mass is 10.0. The highest BCUT2D eigenvalue weighted by Gasteiger charge is 2.19. The Morgan fingerprint density at radius 3 is 0.767 bits per heavy atom. The maximum Gasteiger partial charge on any atom is 0.306 e. The zero-order valence-electron chi connectivity index (χ0n) is 49.4. The number of esters is 3. The zero-order chi connectivity index (χ0) is 52.9. The second kappa shape index (κ2) is 62.4. The molecule has 0 aliphatic heterocycles. The molecule has 0 saturated heterocycles. The van der Waals surface area contributed by atoms with Gasteiger partial charge in [-0.05, 0) is 51.4 Å². The van der Waals surface area contributed by atoms with E-state index in [4.69, 9.17) is 14.2 Å². The number of hydrogen-bond acceptors (Lipinski definition) is 6. The van der Waals surface area contributed by atoms with Crippen molar-refractivity contribution < 1.29 is 28.6 Å². The smallest absolute Gasteiger partial charge is 0.306 e. The maximum absolute atomic E-state index is 12.9. The van der Waals surface area contributed by atoms with Crippen LogP contribution in [-0.4, -0.2) is 37.2 Å². The maximum atomic E-state index is 12.9. The lowest BCUT2D eigenvalue weighted by molar-refractivity contribution is -0.167. The summed E-state index contributed by atoms with van der Waals surface area (Å²) in [6.45, 7) is 6.66. The number of unbranched alkanes of at least 4 members (excludes halogenated alkanes) is 46. The Balaban J connectivity index is 4.09. The van der Waals surface area contributed by atoms with Gasteiger partial charge in [0.1, 0.15) is 13.2 Å². The van der Waals surface area contributed by atoms with E-state index in [-0.39, 0.29) is 31.1 Å². The van der Waals surface area contributed by atoms with Crippen molar-refractivity contribution in [3.8, 4) is 0 Å². The molecule has 0 spiro atoms. The Bertz CT molecular complexity index is 1180. The normalized spacial score (nSPS) is 12.1. The Labute approximate surface area is 455 Å². The van der Waals surface area contributed by atoms with Crippen molar-refractivity contribution in [2.45, 2.75) is 374 Å². The molecule has 0 bridgehead atoms. The monoisotopic (exact) mass is 1030 g/mol. The molecule has 1 atom stereocenters. The SMILES string of the molecule is CCCCCC/C=C\C/C=C\CCCCCCCCCC(=O)OC(COC(=O)CCCCCCCCCCC)COC(=O)CCCCCCCCCCCCCCCCCCCCCCCCCCCCCC. The first-order valence-electron chi connectivity index (χ1n) is 32.8. The minimum absolute atomic E-state index is 0.0690. The number of carbonyl (C=O) groups is 3. The van der Waals surface area contributed by atoms with E-state index in [2.05, 4.69) is 45.1 Å². The fourth-order valence-electron chi connectivity index (χ4n) is 10.0. The molecule has 6 nitrogen and oxygen atoms in total. The molecule has 0 N–H and O–H groups in total.